The Morgan fingerprint density at radius 2 is 1.56 bits per heavy atom. The summed E-state index contributed by atoms with van der Waals surface area (Å²) in [5.41, 5.74) is 1.14. The minimum Gasteiger partial charge on any atom is -0.460 e. The third-order valence-corrected chi connectivity index (χ3v) is 5.42. The molecule has 0 radical (unpaired) electrons. The van der Waals surface area contributed by atoms with Gasteiger partial charge in [0, 0.05) is 13.5 Å². The van der Waals surface area contributed by atoms with Crippen molar-refractivity contribution in [1.82, 2.24) is 10.6 Å². The summed E-state index contributed by atoms with van der Waals surface area (Å²) in [6.07, 6.45) is 2.05. The van der Waals surface area contributed by atoms with Crippen LogP contribution in [0.25, 0.3) is 0 Å². The van der Waals surface area contributed by atoms with E-state index in [9.17, 15) is 14.4 Å². The molecule has 0 aliphatic carbocycles. The smallest absolute Gasteiger partial charge is 0.307 e. The Balaban J connectivity index is 2.22. The second-order valence-electron chi connectivity index (χ2n) is 9.69. The van der Waals surface area contributed by atoms with Crippen molar-refractivity contribution in [3.05, 3.63) is 84.4 Å². The van der Waals surface area contributed by atoms with Gasteiger partial charge in [-0.15, -0.1) is 6.58 Å². The van der Waals surface area contributed by atoms with Crippen LogP contribution in [0.3, 0.4) is 0 Å². The minimum atomic E-state index is -0.853. The molecule has 0 spiro atoms. The Morgan fingerprint density at radius 1 is 0.944 bits per heavy atom. The summed E-state index contributed by atoms with van der Waals surface area (Å²) in [6, 6.07) is 17.7. The van der Waals surface area contributed by atoms with Crippen LogP contribution in [0, 0.1) is 5.92 Å². The highest BCUT2D eigenvalue weighted by atomic mass is 16.6. The molecule has 2 aromatic rings. The van der Waals surface area contributed by atoms with E-state index in [0.29, 0.717) is 6.42 Å². The second kappa shape index (κ2) is 14.2. The molecule has 0 saturated carbocycles. The van der Waals surface area contributed by atoms with Gasteiger partial charge >= 0.3 is 5.97 Å². The molecule has 0 fully saturated rings. The van der Waals surface area contributed by atoms with Crippen LogP contribution in [-0.4, -0.2) is 43.1 Å². The van der Waals surface area contributed by atoms with Crippen LogP contribution in [0.2, 0.25) is 0 Å². The van der Waals surface area contributed by atoms with Crippen molar-refractivity contribution < 1.29 is 23.9 Å². The van der Waals surface area contributed by atoms with Crippen LogP contribution in [0.5, 0.6) is 0 Å². The van der Waals surface area contributed by atoms with E-state index in [2.05, 4.69) is 17.2 Å². The predicted molar refractivity (Wildman–Crippen MR) is 140 cm³/mol. The summed E-state index contributed by atoms with van der Waals surface area (Å²) in [4.78, 5) is 39.1. The van der Waals surface area contributed by atoms with Gasteiger partial charge < -0.3 is 20.1 Å². The molecule has 2 amide bonds. The number of esters is 1. The highest BCUT2D eigenvalue weighted by molar-refractivity contribution is 5.90. The Bertz CT molecular complexity index is 986. The molecular weight excluding hydrogens is 456 g/mol. The number of methoxy groups -OCH3 is 1. The first-order chi connectivity index (χ1) is 17.1. The van der Waals surface area contributed by atoms with Crippen LogP contribution in [-0.2, 0) is 30.3 Å². The maximum Gasteiger partial charge on any atom is 0.307 e. The zero-order valence-corrected chi connectivity index (χ0v) is 21.7. The van der Waals surface area contributed by atoms with E-state index < -0.39 is 29.4 Å². The van der Waals surface area contributed by atoms with Gasteiger partial charge in [-0.3, -0.25) is 14.4 Å². The summed E-state index contributed by atoms with van der Waals surface area (Å²) in [7, 11) is 1.57. The molecule has 0 bridgehead atoms. The quantitative estimate of drug-likeness (QED) is 0.322. The first kappa shape index (κ1) is 28.8. The molecule has 0 aromatic heterocycles. The van der Waals surface area contributed by atoms with E-state index in [-0.39, 0.29) is 31.4 Å². The molecule has 3 atom stereocenters. The van der Waals surface area contributed by atoms with Crippen LogP contribution < -0.4 is 10.6 Å². The lowest BCUT2D eigenvalue weighted by molar-refractivity contribution is -0.157. The number of amides is 2. The molecule has 0 aliphatic heterocycles. The fourth-order valence-corrected chi connectivity index (χ4v) is 3.76. The van der Waals surface area contributed by atoms with Crippen molar-refractivity contribution in [3.8, 4) is 0 Å². The van der Waals surface area contributed by atoms with Crippen molar-refractivity contribution in [3.63, 3.8) is 0 Å². The second-order valence-corrected chi connectivity index (χ2v) is 9.69. The third-order valence-electron chi connectivity index (χ3n) is 5.42. The summed E-state index contributed by atoms with van der Waals surface area (Å²) in [5.74, 6) is -1.92. The van der Waals surface area contributed by atoms with Crippen LogP contribution in [0.4, 0.5) is 0 Å². The Morgan fingerprint density at radius 3 is 2.11 bits per heavy atom. The third kappa shape index (κ3) is 10.0. The molecule has 2 N–H and O–H groups in total. The summed E-state index contributed by atoms with van der Waals surface area (Å²) in [6.45, 7) is 9.32. The standard InChI is InChI=1S/C29H38N2O5/c1-6-13-23(19-26(32)36-29(2,3)4)27(33)30-24(18-21-14-9-7-10-15-21)28(34)31-25(20-35-5)22-16-11-8-12-17-22/h6-12,14-17,23-25H,1,13,18-20H2,2-5H3,(H,30,33)(H,31,34). The number of carbonyl (C=O) groups excluding carboxylic acids is 3. The normalized spacial score (nSPS) is 13.7. The SMILES string of the molecule is C=CCC(CC(=O)OC(C)(C)C)C(=O)NC(Cc1ccccc1)C(=O)NC(COC)c1ccccc1. The zero-order valence-electron chi connectivity index (χ0n) is 21.7. The van der Waals surface area contributed by atoms with Gasteiger partial charge in [0.2, 0.25) is 11.8 Å². The molecule has 7 nitrogen and oxygen atoms in total. The Labute approximate surface area is 214 Å². The first-order valence-electron chi connectivity index (χ1n) is 12.1. The Kier molecular flexibility index (Phi) is 11.3. The van der Waals surface area contributed by atoms with Gasteiger partial charge in [-0.05, 0) is 38.3 Å². The molecule has 194 valence electrons. The number of hydrogen-bond acceptors (Lipinski definition) is 5. The molecule has 2 aromatic carbocycles. The lowest BCUT2D eigenvalue weighted by Gasteiger charge is -2.26. The lowest BCUT2D eigenvalue weighted by atomic mass is 9.98. The molecule has 0 aliphatic rings. The molecular formula is C29H38N2O5. The molecule has 2 rings (SSSR count). The van der Waals surface area contributed by atoms with Crippen molar-refractivity contribution in [1.29, 1.82) is 0 Å². The molecule has 0 heterocycles. The van der Waals surface area contributed by atoms with Crippen molar-refractivity contribution >= 4 is 17.8 Å². The predicted octanol–water partition coefficient (Wildman–Crippen LogP) is 4.14. The van der Waals surface area contributed by atoms with Crippen LogP contribution >= 0.6 is 0 Å². The Hall–Kier alpha value is -3.45. The lowest BCUT2D eigenvalue weighted by Crippen LogP contribution is -2.51. The van der Waals surface area contributed by atoms with E-state index in [4.69, 9.17) is 9.47 Å². The van der Waals surface area contributed by atoms with E-state index in [1.165, 1.54) is 0 Å². The maximum absolute atomic E-state index is 13.4. The number of ether oxygens (including phenoxy) is 2. The average Bonchev–Trinajstić information content (AvgIpc) is 2.83. The van der Waals surface area contributed by atoms with Crippen molar-refractivity contribution in [2.75, 3.05) is 13.7 Å². The minimum absolute atomic E-state index is 0.106. The van der Waals surface area contributed by atoms with Gasteiger partial charge in [0.1, 0.15) is 11.6 Å². The zero-order chi connectivity index (χ0) is 26.6. The molecule has 36 heavy (non-hydrogen) atoms. The topological polar surface area (TPSA) is 93.7 Å². The highest BCUT2D eigenvalue weighted by Crippen LogP contribution is 2.17. The number of hydrogen-bond donors (Lipinski definition) is 2. The monoisotopic (exact) mass is 494 g/mol. The number of nitrogens with one attached hydrogen (secondary N) is 2. The molecule has 3 unspecified atom stereocenters. The van der Waals surface area contributed by atoms with E-state index >= 15 is 0 Å². The number of carbonyl (C=O) groups is 3. The number of allylic oxidation sites excluding steroid dienone is 1. The van der Waals surface area contributed by atoms with Gasteiger partial charge in [0.05, 0.1) is 25.0 Å². The number of rotatable bonds is 13. The fourth-order valence-electron chi connectivity index (χ4n) is 3.76. The highest BCUT2D eigenvalue weighted by Gasteiger charge is 2.29. The largest absolute Gasteiger partial charge is 0.460 e. The summed E-state index contributed by atoms with van der Waals surface area (Å²) >= 11 is 0. The first-order valence-corrected chi connectivity index (χ1v) is 12.1. The van der Waals surface area contributed by atoms with Crippen LogP contribution in [0.15, 0.2) is 73.3 Å². The molecule has 0 saturated heterocycles. The van der Waals surface area contributed by atoms with E-state index in [1.54, 1.807) is 34.0 Å². The van der Waals surface area contributed by atoms with Crippen molar-refractivity contribution in [2.45, 2.75) is 57.7 Å². The fraction of sp³-hybridized carbons (Fsp3) is 0.414. The number of benzene rings is 2. The van der Waals surface area contributed by atoms with Gasteiger partial charge in [-0.25, -0.2) is 0 Å². The van der Waals surface area contributed by atoms with Gasteiger partial charge in [0.25, 0.3) is 0 Å². The summed E-state index contributed by atoms with van der Waals surface area (Å²) in [5, 5.41) is 5.88. The van der Waals surface area contributed by atoms with Gasteiger partial charge in [-0.1, -0.05) is 66.7 Å². The molecule has 7 heteroatoms. The van der Waals surface area contributed by atoms with Gasteiger partial charge in [-0.2, -0.15) is 0 Å². The maximum atomic E-state index is 13.4. The van der Waals surface area contributed by atoms with Crippen molar-refractivity contribution in [2.24, 2.45) is 5.92 Å². The average molecular weight is 495 g/mol. The van der Waals surface area contributed by atoms with E-state index in [0.717, 1.165) is 11.1 Å². The summed E-state index contributed by atoms with van der Waals surface area (Å²) < 4.78 is 10.7. The van der Waals surface area contributed by atoms with Gasteiger partial charge in [0.15, 0.2) is 0 Å². The van der Waals surface area contributed by atoms with Crippen LogP contribution in [0.1, 0.15) is 50.8 Å². The van der Waals surface area contributed by atoms with E-state index in [1.807, 2.05) is 60.7 Å².